The van der Waals surface area contributed by atoms with E-state index < -0.39 is 0 Å². The lowest BCUT2D eigenvalue weighted by Gasteiger charge is -2.32. The van der Waals surface area contributed by atoms with E-state index in [1.807, 2.05) is 34.6 Å². The van der Waals surface area contributed by atoms with Gasteiger partial charge in [0.25, 0.3) is 0 Å². The second-order valence-electron chi connectivity index (χ2n) is 5.40. The number of hydrogen-bond acceptors (Lipinski definition) is 2. The Morgan fingerprint density at radius 3 is 2.36 bits per heavy atom. The Balaban J connectivity index is 2.62. The van der Waals surface area contributed by atoms with Crippen molar-refractivity contribution in [1.29, 1.82) is 0 Å². The fourth-order valence-electron chi connectivity index (χ4n) is 1.36. The highest BCUT2D eigenvalue weighted by molar-refractivity contribution is 5.75. The van der Waals surface area contributed by atoms with Crippen molar-refractivity contribution in [2.45, 2.75) is 45.7 Å². The summed E-state index contributed by atoms with van der Waals surface area (Å²) in [7, 11) is 0. The molecule has 0 unspecified atom stereocenters. The van der Waals surface area contributed by atoms with Gasteiger partial charge >= 0.3 is 6.03 Å². The molecular formula is C10H20N2O2. The number of urea groups is 1. The van der Waals surface area contributed by atoms with Gasteiger partial charge in [-0.3, -0.25) is 4.90 Å². The molecule has 14 heavy (non-hydrogen) atoms. The minimum absolute atomic E-state index is 0.0556. The van der Waals surface area contributed by atoms with Gasteiger partial charge in [0, 0.05) is 5.54 Å². The Hall–Kier alpha value is -0.770. The summed E-state index contributed by atoms with van der Waals surface area (Å²) in [6, 6.07) is -0.0556. The van der Waals surface area contributed by atoms with Crippen molar-refractivity contribution in [2.75, 3.05) is 13.3 Å². The highest BCUT2D eigenvalue weighted by atomic mass is 16.5. The van der Waals surface area contributed by atoms with Crippen LogP contribution in [-0.4, -0.2) is 35.3 Å². The van der Waals surface area contributed by atoms with E-state index in [4.69, 9.17) is 4.74 Å². The minimum Gasteiger partial charge on any atom is -0.359 e. The lowest BCUT2D eigenvalue weighted by molar-refractivity contribution is 0.134. The molecule has 0 radical (unpaired) electrons. The van der Waals surface area contributed by atoms with Crippen LogP contribution in [0.25, 0.3) is 0 Å². The van der Waals surface area contributed by atoms with Crippen LogP contribution in [0.2, 0.25) is 0 Å². The van der Waals surface area contributed by atoms with Crippen LogP contribution in [0.4, 0.5) is 4.79 Å². The van der Waals surface area contributed by atoms with E-state index >= 15 is 0 Å². The number of nitrogens with one attached hydrogen (secondary N) is 1. The molecule has 1 aliphatic rings. The van der Waals surface area contributed by atoms with Gasteiger partial charge in [0.15, 0.2) is 0 Å². The fraction of sp³-hybridized carbons (Fsp3) is 0.900. The molecule has 0 atom stereocenters. The topological polar surface area (TPSA) is 41.6 Å². The van der Waals surface area contributed by atoms with Crippen LogP contribution in [0.3, 0.4) is 0 Å². The Bertz CT molecular complexity index is 231. The largest absolute Gasteiger partial charge is 0.359 e. The molecule has 4 heteroatoms. The van der Waals surface area contributed by atoms with E-state index in [0.29, 0.717) is 13.3 Å². The van der Waals surface area contributed by atoms with Crippen molar-refractivity contribution in [3.05, 3.63) is 0 Å². The number of rotatable bonds is 0. The Morgan fingerprint density at radius 1 is 1.43 bits per heavy atom. The SMILES string of the molecule is CC(C)(C)NC(=O)N1COCC1(C)C. The molecule has 0 aromatic rings. The van der Waals surface area contributed by atoms with Crippen molar-refractivity contribution < 1.29 is 9.53 Å². The zero-order chi connectivity index (χ0) is 11.0. The molecule has 4 nitrogen and oxygen atoms in total. The first kappa shape index (κ1) is 11.3. The van der Waals surface area contributed by atoms with Gasteiger partial charge in [-0.2, -0.15) is 0 Å². The second kappa shape index (κ2) is 3.42. The highest BCUT2D eigenvalue weighted by Gasteiger charge is 2.37. The standard InChI is InChI=1S/C10H20N2O2/c1-9(2,3)11-8(13)12-7-14-6-10(12,4)5/h6-7H2,1-5H3,(H,11,13). The molecule has 0 aliphatic carbocycles. The summed E-state index contributed by atoms with van der Waals surface area (Å²) in [5.74, 6) is 0. The van der Waals surface area contributed by atoms with Gasteiger partial charge in [0.2, 0.25) is 0 Å². The zero-order valence-electron chi connectivity index (χ0n) is 9.68. The quantitative estimate of drug-likeness (QED) is 0.644. The van der Waals surface area contributed by atoms with Crippen molar-refractivity contribution in [2.24, 2.45) is 0 Å². The molecule has 0 aromatic heterocycles. The van der Waals surface area contributed by atoms with Gasteiger partial charge in [-0.15, -0.1) is 0 Å². The number of ether oxygens (including phenoxy) is 1. The van der Waals surface area contributed by atoms with Gasteiger partial charge in [-0.25, -0.2) is 4.79 Å². The first-order valence-electron chi connectivity index (χ1n) is 4.90. The van der Waals surface area contributed by atoms with E-state index in [-0.39, 0.29) is 17.1 Å². The second-order valence-corrected chi connectivity index (χ2v) is 5.40. The summed E-state index contributed by atoms with van der Waals surface area (Å²) in [6.45, 7) is 10.9. The maximum Gasteiger partial charge on any atom is 0.320 e. The highest BCUT2D eigenvalue weighted by Crippen LogP contribution is 2.21. The minimum atomic E-state index is -0.199. The average Bonchev–Trinajstić information content (AvgIpc) is 2.25. The monoisotopic (exact) mass is 200 g/mol. The van der Waals surface area contributed by atoms with Crippen LogP contribution >= 0.6 is 0 Å². The Labute approximate surface area is 85.6 Å². The predicted molar refractivity (Wildman–Crippen MR) is 55.0 cm³/mol. The third kappa shape index (κ3) is 2.61. The smallest absolute Gasteiger partial charge is 0.320 e. The molecule has 0 saturated carbocycles. The lowest BCUT2D eigenvalue weighted by atomic mass is 10.1. The van der Waals surface area contributed by atoms with E-state index in [1.165, 1.54) is 0 Å². The van der Waals surface area contributed by atoms with Gasteiger partial charge in [0.05, 0.1) is 12.1 Å². The molecule has 1 saturated heterocycles. The van der Waals surface area contributed by atoms with Crippen LogP contribution in [0, 0.1) is 0 Å². The Kier molecular flexibility index (Phi) is 2.76. The molecule has 0 spiro atoms. The third-order valence-corrected chi connectivity index (χ3v) is 2.13. The molecule has 1 rings (SSSR count). The van der Waals surface area contributed by atoms with Gasteiger partial charge in [0.1, 0.15) is 6.73 Å². The van der Waals surface area contributed by atoms with Gasteiger partial charge in [-0.05, 0) is 34.6 Å². The maximum absolute atomic E-state index is 11.8. The van der Waals surface area contributed by atoms with Gasteiger partial charge in [-0.1, -0.05) is 0 Å². The van der Waals surface area contributed by atoms with Crippen molar-refractivity contribution in [1.82, 2.24) is 10.2 Å². The van der Waals surface area contributed by atoms with Crippen LogP contribution < -0.4 is 5.32 Å². The molecular weight excluding hydrogens is 180 g/mol. The van der Waals surface area contributed by atoms with Crippen LogP contribution in [-0.2, 0) is 4.74 Å². The van der Waals surface area contributed by atoms with Crippen LogP contribution in [0.15, 0.2) is 0 Å². The number of hydrogen-bond donors (Lipinski definition) is 1. The number of nitrogens with zero attached hydrogens (tertiary/aromatic N) is 1. The summed E-state index contributed by atoms with van der Waals surface area (Å²) in [4.78, 5) is 13.5. The molecule has 0 aromatic carbocycles. The first-order chi connectivity index (χ1) is 6.22. The molecule has 82 valence electrons. The lowest BCUT2D eigenvalue weighted by Crippen LogP contribution is -2.53. The summed E-state index contributed by atoms with van der Waals surface area (Å²) in [5.41, 5.74) is -0.398. The normalized spacial score (nSPS) is 21.1. The third-order valence-electron chi connectivity index (χ3n) is 2.13. The summed E-state index contributed by atoms with van der Waals surface area (Å²) < 4.78 is 5.27. The summed E-state index contributed by atoms with van der Waals surface area (Å²) >= 11 is 0. The van der Waals surface area contributed by atoms with Crippen LogP contribution in [0.5, 0.6) is 0 Å². The summed E-state index contributed by atoms with van der Waals surface area (Å²) in [5, 5.41) is 2.92. The van der Waals surface area contributed by atoms with Gasteiger partial charge < -0.3 is 10.1 Å². The molecule has 0 bridgehead atoms. The fourth-order valence-corrected chi connectivity index (χ4v) is 1.36. The van der Waals surface area contributed by atoms with Crippen molar-refractivity contribution in [3.63, 3.8) is 0 Å². The predicted octanol–water partition coefficient (Wildman–Crippen LogP) is 1.56. The molecule has 1 aliphatic heterocycles. The first-order valence-corrected chi connectivity index (χ1v) is 4.90. The van der Waals surface area contributed by atoms with E-state index in [0.717, 1.165) is 0 Å². The van der Waals surface area contributed by atoms with E-state index in [1.54, 1.807) is 4.90 Å². The van der Waals surface area contributed by atoms with Crippen molar-refractivity contribution in [3.8, 4) is 0 Å². The number of carbonyl (C=O) groups excluding carboxylic acids is 1. The summed E-state index contributed by atoms with van der Waals surface area (Å²) in [6.07, 6.45) is 0. The van der Waals surface area contributed by atoms with Crippen LogP contribution in [0.1, 0.15) is 34.6 Å². The molecule has 2 amide bonds. The molecule has 1 fully saturated rings. The van der Waals surface area contributed by atoms with E-state index in [9.17, 15) is 4.79 Å². The molecule has 1 N–H and O–H groups in total. The average molecular weight is 200 g/mol. The number of amides is 2. The van der Waals surface area contributed by atoms with E-state index in [2.05, 4.69) is 5.32 Å². The Morgan fingerprint density at radius 2 is 2.00 bits per heavy atom. The maximum atomic E-state index is 11.8. The number of carbonyl (C=O) groups is 1. The van der Waals surface area contributed by atoms with Crippen molar-refractivity contribution >= 4 is 6.03 Å². The zero-order valence-corrected chi connectivity index (χ0v) is 9.68. The molecule has 1 heterocycles.